The normalized spacial score (nSPS) is 16.9. The number of nitrogens with one attached hydrogen (secondary N) is 2. The number of pyridine rings is 1. The molecule has 8 rings (SSSR count). The van der Waals surface area contributed by atoms with E-state index in [2.05, 4.69) is 20.4 Å². The number of furan rings is 1. The van der Waals surface area contributed by atoms with Crippen molar-refractivity contribution in [2.45, 2.75) is 39.2 Å². The van der Waals surface area contributed by atoms with Crippen molar-refractivity contribution in [1.29, 1.82) is 0 Å². The summed E-state index contributed by atoms with van der Waals surface area (Å²) in [6.45, 7) is 5.78. The highest BCUT2D eigenvalue weighted by atomic mass is 19.1. The number of fused-ring (bicyclic) bond motifs is 5. The highest BCUT2D eigenvalue weighted by Crippen LogP contribution is 2.49. The number of ether oxygens (including phenoxy) is 2. The molecule has 280 valence electrons. The molecule has 0 unspecified atom stereocenters. The van der Waals surface area contributed by atoms with Gasteiger partial charge in [-0.25, -0.2) is 4.39 Å². The molecule has 13 heteroatoms. The molecule has 2 amide bonds. The fourth-order valence-electron chi connectivity index (χ4n) is 7.60. The second-order valence-corrected chi connectivity index (χ2v) is 14.2. The molecule has 0 radical (unpaired) electrons. The van der Waals surface area contributed by atoms with Crippen molar-refractivity contribution in [1.82, 2.24) is 25.0 Å². The molecule has 0 saturated carbocycles. The van der Waals surface area contributed by atoms with Gasteiger partial charge in [0.05, 0.1) is 24.3 Å². The van der Waals surface area contributed by atoms with E-state index in [1.807, 2.05) is 55.4 Å². The van der Waals surface area contributed by atoms with Gasteiger partial charge in [-0.05, 0) is 58.1 Å². The Balaban J connectivity index is 0.00000435. The lowest BCUT2D eigenvalue weighted by atomic mass is 10.0. The van der Waals surface area contributed by atoms with Crippen molar-refractivity contribution >= 4 is 50.3 Å². The predicted molar refractivity (Wildman–Crippen MR) is 204 cm³/mol. The number of carbonyl (C=O) groups is 2. The Morgan fingerprint density at radius 2 is 1.81 bits per heavy atom. The Morgan fingerprint density at radius 3 is 2.62 bits per heavy atom. The predicted octanol–water partition coefficient (Wildman–Crippen LogP) is 5.26. The van der Waals surface area contributed by atoms with E-state index in [1.54, 1.807) is 4.57 Å². The number of nitrogens with zero attached hydrogens (tertiary/aromatic N) is 4. The lowest BCUT2D eigenvalue weighted by molar-refractivity contribution is -0.122. The van der Waals surface area contributed by atoms with Crippen LogP contribution in [0.2, 0.25) is 0 Å². The first kappa shape index (κ1) is 36.4. The third-order valence-corrected chi connectivity index (χ3v) is 10.3. The average molecular weight is 727 g/mol. The first-order valence-electron chi connectivity index (χ1n) is 18.1. The van der Waals surface area contributed by atoms with Crippen LogP contribution in [0.3, 0.4) is 0 Å². The van der Waals surface area contributed by atoms with Crippen LogP contribution in [0.25, 0.3) is 38.5 Å². The number of carbonyl (C=O) groups excluding carboxylic acids is 2. The summed E-state index contributed by atoms with van der Waals surface area (Å²) in [7, 11) is 3.99. The van der Waals surface area contributed by atoms with Gasteiger partial charge in [0.15, 0.2) is 17.3 Å². The quantitative estimate of drug-likeness (QED) is 0.172. The summed E-state index contributed by atoms with van der Waals surface area (Å²) in [5.41, 5.74) is 1.80. The lowest BCUT2D eigenvalue weighted by Crippen LogP contribution is -2.41. The Hall–Kier alpha value is -4.98. The second kappa shape index (κ2) is 15.2. The van der Waals surface area contributed by atoms with Crippen molar-refractivity contribution < 1.29 is 27.9 Å². The van der Waals surface area contributed by atoms with Crippen molar-refractivity contribution in [2.24, 2.45) is 0 Å². The molecule has 1 atom stereocenters. The zero-order valence-corrected chi connectivity index (χ0v) is 29.5. The molecule has 0 aliphatic carbocycles. The van der Waals surface area contributed by atoms with Gasteiger partial charge in [-0.2, -0.15) is 0 Å². The topological polar surface area (TPSA) is 122 Å². The number of morpholine rings is 1. The van der Waals surface area contributed by atoms with Crippen LogP contribution in [0.5, 0.6) is 11.5 Å². The number of hydrogen-bond donors (Lipinski definition) is 2. The summed E-state index contributed by atoms with van der Waals surface area (Å²) >= 11 is 0. The molecule has 5 heterocycles. The van der Waals surface area contributed by atoms with Gasteiger partial charge < -0.3 is 38.9 Å². The van der Waals surface area contributed by atoms with Crippen molar-refractivity contribution in [3.63, 3.8) is 0 Å². The van der Waals surface area contributed by atoms with Crippen LogP contribution >= 0.6 is 0 Å². The van der Waals surface area contributed by atoms with Crippen LogP contribution in [0.4, 0.5) is 10.1 Å². The zero-order valence-electron chi connectivity index (χ0n) is 29.5. The van der Waals surface area contributed by atoms with E-state index in [-0.39, 0.29) is 41.8 Å². The number of benzene rings is 3. The third kappa shape index (κ3) is 7.08. The molecule has 2 aromatic heterocycles. The molecule has 5 aromatic rings. The number of halogens is 1. The summed E-state index contributed by atoms with van der Waals surface area (Å²) in [5.74, 6) is -0.564. The number of rotatable bonds is 11. The van der Waals surface area contributed by atoms with Crippen LogP contribution < -0.4 is 25.7 Å². The minimum absolute atomic E-state index is 0. The highest BCUT2D eigenvalue weighted by Gasteiger charge is 2.34. The SMILES string of the molecule is C.CN(C)CCCCNC(=O)c1cn2c3c(c(N4CC[C@@H](NC(=O)CCN5CCOCC5)C4)c(F)cc3c1=O)Oc1cc3c(cc1-2)oc1ccccc13. The van der Waals surface area contributed by atoms with Crippen molar-refractivity contribution in [3.8, 4) is 17.2 Å². The molecular weight excluding hydrogens is 679 g/mol. The summed E-state index contributed by atoms with van der Waals surface area (Å²) in [6.07, 6.45) is 4.17. The van der Waals surface area contributed by atoms with Gasteiger partial charge in [0.2, 0.25) is 11.3 Å². The van der Waals surface area contributed by atoms with Gasteiger partial charge in [0.25, 0.3) is 5.91 Å². The molecule has 3 aliphatic rings. The largest absolute Gasteiger partial charge is 0.456 e. The molecule has 2 saturated heterocycles. The minimum Gasteiger partial charge on any atom is -0.456 e. The Labute approximate surface area is 307 Å². The number of para-hydroxylation sites is 1. The zero-order chi connectivity index (χ0) is 35.9. The molecule has 12 nitrogen and oxygen atoms in total. The fourth-order valence-corrected chi connectivity index (χ4v) is 7.60. The van der Waals surface area contributed by atoms with Gasteiger partial charge in [-0.15, -0.1) is 0 Å². The maximum Gasteiger partial charge on any atom is 0.256 e. The maximum atomic E-state index is 16.5. The van der Waals surface area contributed by atoms with E-state index < -0.39 is 17.2 Å². The number of anilines is 1. The highest BCUT2D eigenvalue weighted by molar-refractivity contribution is 6.07. The molecule has 3 aliphatic heterocycles. The first-order valence-corrected chi connectivity index (χ1v) is 18.1. The number of amides is 2. The lowest BCUT2D eigenvalue weighted by Gasteiger charge is -2.29. The Kier molecular flexibility index (Phi) is 10.4. The minimum atomic E-state index is -0.634. The number of unbranched alkanes of at least 4 members (excludes halogenated alkanes) is 1. The first-order chi connectivity index (χ1) is 25.2. The summed E-state index contributed by atoms with van der Waals surface area (Å²) in [6, 6.07) is 12.4. The van der Waals surface area contributed by atoms with E-state index in [0.717, 1.165) is 43.2 Å². The Bertz CT molecular complexity index is 2240. The molecule has 2 fully saturated rings. The van der Waals surface area contributed by atoms with Gasteiger partial charge in [-0.3, -0.25) is 19.3 Å². The number of aromatic nitrogens is 1. The average Bonchev–Trinajstić information content (AvgIpc) is 3.74. The second-order valence-electron chi connectivity index (χ2n) is 14.2. The van der Waals surface area contributed by atoms with Crippen molar-refractivity contribution in [3.05, 3.63) is 70.3 Å². The fraction of sp³-hybridized carbons (Fsp3) is 0.425. The molecule has 0 spiro atoms. The third-order valence-electron chi connectivity index (χ3n) is 10.3. The van der Waals surface area contributed by atoms with E-state index in [9.17, 15) is 14.4 Å². The summed E-state index contributed by atoms with van der Waals surface area (Å²) in [4.78, 5) is 46.6. The molecule has 2 N–H and O–H groups in total. The van der Waals surface area contributed by atoms with Crippen LogP contribution in [-0.4, -0.2) is 105 Å². The van der Waals surface area contributed by atoms with Crippen LogP contribution in [0.15, 0.2) is 57.9 Å². The van der Waals surface area contributed by atoms with E-state index >= 15 is 4.39 Å². The van der Waals surface area contributed by atoms with E-state index in [1.165, 1.54) is 12.3 Å². The van der Waals surface area contributed by atoms with Gasteiger partial charge >= 0.3 is 0 Å². The summed E-state index contributed by atoms with van der Waals surface area (Å²) < 4.78 is 36.4. The standard InChI is InChI=1S/C39H43FN6O6.CH4/c1-43(2)12-6-5-11-41-39(49)28-23-46-30-21-32-26(25-7-3-4-8-31(25)51-32)20-33(30)52-38-35(46)27(37(28)48)19-29(40)36(38)45-14-9-24(22-45)42-34(47)10-13-44-15-17-50-18-16-44;/h3-4,7-8,19-21,23-24H,5-6,9-18,22H2,1-2H3,(H,41,49)(H,42,47);1H4/t24-;/m1./s1. The van der Waals surface area contributed by atoms with E-state index in [4.69, 9.17) is 13.9 Å². The van der Waals surface area contributed by atoms with Gasteiger partial charge in [0, 0.05) is 74.8 Å². The molecule has 3 aromatic carbocycles. The van der Waals surface area contributed by atoms with Crippen LogP contribution in [0.1, 0.15) is 43.5 Å². The maximum absolute atomic E-state index is 16.5. The van der Waals surface area contributed by atoms with E-state index in [0.29, 0.717) is 80.4 Å². The van der Waals surface area contributed by atoms with Gasteiger partial charge in [0.1, 0.15) is 27.9 Å². The monoisotopic (exact) mass is 726 g/mol. The number of hydrogen-bond acceptors (Lipinski definition) is 9. The van der Waals surface area contributed by atoms with Crippen LogP contribution in [-0.2, 0) is 9.53 Å². The molecule has 0 bridgehead atoms. The molecular formula is C40H47FN6O6. The van der Waals surface area contributed by atoms with Crippen LogP contribution in [0, 0.1) is 5.82 Å². The Morgan fingerprint density at radius 1 is 1.00 bits per heavy atom. The van der Waals surface area contributed by atoms with Crippen molar-refractivity contribution in [2.75, 3.05) is 78.0 Å². The summed E-state index contributed by atoms with van der Waals surface area (Å²) in [5, 5.41) is 7.79. The molecule has 53 heavy (non-hydrogen) atoms. The van der Waals surface area contributed by atoms with Gasteiger partial charge in [-0.1, -0.05) is 25.6 Å². The smallest absolute Gasteiger partial charge is 0.256 e.